The molecule has 0 fully saturated rings. The molecule has 1 aromatic carbocycles. The monoisotopic (exact) mass is 246 g/mol. The third-order valence-electron chi connectivity index (χ3n) is 2.37. The molecule has 0 saturated heterocycles. The smallest absolute Gasteiger partial charge is 0.381 e. The molecular formula is C12H13F3O2. The molecule has 0 amide bonds. The molecular weight excluding hydrogens is 233 g/mol. The Kier molecular flexibility index (Phi) is 3.93. The van der Waals surface area contributed by atoms with Gasteiger partial charge in [-0.3, -0.25) is 4.79 Å². The van der Waals surface area contributed by atoms with Gasteiger partial charge in [0, 0.05) is 5.92 Å². The lowest BCUT2D eigenvalue weighted by atomic mass is 9.97. The summed E-state index contributed by atoms with van der Waals surface area (Å²) in [6, 6.07) is 4.18. The number of aliphatic hydroxyl groups excluding tert-OH is 1. The van der Waals surface area contributed by atoms with Gasteiger partial charge in [0.15, 0.2) is 5.78 Å². The van der Waals surface area contributed by atoms with E-state index in [1.165, 1.54) is 12.1 Å². The van der Waals surface area contributed by atoms with Gasteiger partial charge in [-0.05, 0) is 17.7 Å². The SMILES string of the molecule is CC(C)C(=O)[C@H](O)c1cccc(C(F)(F)F)c1. The molecule has 0 saturated carbocycles. The van der Waals surface area contributed by atoms with Gasteiger partial charge >= 0.3 is 6.18 Å². The molecule has 1 rings (SSSR count). The largest absolute Gasteiger partial charge is 0.416 e. The van der Waals surface area contributed by atoms with Crippen LogP contribution >= 0.6 is 0 Å². The van der Waals surface area contributed by atoms with Crippen LogP contribution in [0.3, 0.4) is 0 Å². The fourth-order valence-electron chi connectivity index (χ4n) is 1.37. The van der Waals surface area contributed by atoms with Crippen molar-refractivity contribution in [2.75, 3.05) is 0 Å². The predicted octanol–water partition coefficient (Wildman–Crippen LogP) is 2.96. The number of Topliss-reactive ketones (excluding diaryl/α,β-unsaturated/α-hetero) is 1. The van der Waals surface area contributed by atoms with Crippen molar-refractivity contribution in [2.24, 2.45) is 5.92 Å². The first-order valence-electron chi connectivity index (χ1n) is 5.12. The second-order valence-electron chi connectivity index (χ2n) is 4.08. The number of ketones is 1. The van der Waals surface area contributed by atoms with Gasteiger partial charge in [0.1, 0.15) is 6.10 Å². The van der Waals surface area contributed by atoms with Crippen molar-refractivity contribution in [3.63, 3.8) is 0 Å². The highest BCUT2D eigenvalue weighted by atomic mass is 19.4. The van der Waals surface area contributed by atoms with Gasteiger partial charge in [-0.25, -0.2) is 0 Å². The van der Waals surface area contributed by atoms with E-state index in [0.29, 0.717) is 0 Å². The van der Waals surface area contributed by atoms with Crippen molar-refractivity contribution in [3.8, 4) is 0 Å². The van der Waals surface area contributed by atoms with Crippen molar-refractivity contribution in [1.29, 1.82) is 0 Å². The number of carbonyl (C=O) groups is 1. The second-order valence-corrected chi connectivity index (χ2v) is 4.08. The van der Waals surface area contributed by atoms with Crippen molar-refractivity contribution in [2.45, 2.75) is 26.1 Å². The van der Waals surface area contributed by atoms with Gasteiger partial charge in [-0.15, -0.1) is 0 Å². The van der Waals surface area contributed by atoms with Crippen LogP contribution in [-0.2, 0) is 11.0 Å². The number of hydrogen-bond acceptors (Lipinski definition) is 2. The Hall–Kier alpha value is -1.36. The summed E-state index contributed by atoms with van der Waals surface area (Å²) >= 11 is 0. The van der Waals surface area contributed by atoms with E-state index >= 15 is 0 Å². The summed E-state index contributed by atoms with van der Waals surface area (Å²) in [5, 5.41) is 9.63. The minimum Gasteiger partial charge on any atom is -0.381 e. The molecule has 0 aliphatic carbocycles. The van der Waals surface area contributed by atoms with Gasteiger partial charge < -0.3 is 5.11 Å². The Labute approximate surface area is 97.1 Å². The van der Waals surface area contributed by atoms with Crippen LogP contribution in [0.2, 0.25) is 0 Å². The Balaban J connectivity index is 3.04. The molecule has 1 atom stereocenters. The van der Waals surface area contributed by atoms with Crippen LogP contribution in [0.25, 0.3) is 0 Å². The van der Waals surface area contributed by atoms with Crippen LogP contribution in [-0.4, -0.2) is 10.9 Å². The number of halogens is 3. The predicted molar refractivity (Wildman–Crippen MR) is 56.2 cm³/mol. The van der Waals surface area contributed by atoms with E-state index in [9.17, 15) is 23.1 Å². The molecule has 1 N–H and O–H groups in total. The van der Waals surface area contributed by atoms with Gasteiger partial charge in [-0.1, -0.05) is 26.0 Å². The van der Waals surface area contributed by atoms with Gasteiger partial charge in [0.2, 0.25) is 0 Å². The fraction of sp³-hybridized carbons (Fsp3) is 0.417. The lowest BCUT2D eigenvalue weighted by Crippen LogP contribution is -2.18. The Morgan fingerprint density at radius 1 is 1.29 bits per heavy atom. The summed E-state index contributed by atoms with van der Waals surface area (Å²) in [6.45, 7) is 3.17. The number of aliphatic hydroxyl groups is 1. The second kappa shape index (κ2) is 4.87. The van der Waals surface area contributed by atoms with Gasteiger partial charge in [0.05, 0.1) is 5.56 Å². The third-order valence-corrected chi connectivity index (χ3v) is 2.37. The maximum atomic E-state index is 12.4. The number of hydrogen-bond donors (Lipinski definition) is 1. The van der Waals surface area contributed by atoms with Crippen LogP contribution in [0.1, 0.15) is 31.1 Å². The summed E-state index contributed by atoms with van der Waals surface area (Å²) in [5.41, 5.74) is -0.899. The molecule has 0 heterocycles. The van der Waals surface area contributed by atoms with E-state index in [-0.39, 0.29) is 5.56 Å². The topological polar surface area (TPSA) is 37.3 Å². The molecule has 0 spiro atoms. The Bertz CT molecular complexity index is 410. The van der Waals surface area contributed by atoms with E-state index in [1.807, 2.05) is 0 Å². The van der Waals surface area contributed by atoms with Crippen LogP contribution in [0.15, 0.2) is 24.3 Å². The summed E-state index contributed by atoms with van der Waals surface area (Å²) in [6.07, 6.45) is -5.98. The average molecular weight is 246 g/mol. The third kappa shape index (κ3) is 3.30. The normalized spacial score (nSPS) is 13.8. The molecule has 94 valence electrons. The van der Waals surface area contributed by atoms with Crippen LogP contribution in [0.4, 0.5) is 13.2 Å². The minimum atomic E-state index is -4.48. The van der Waals surface area contributed by atoms with E-state index in [0.717, 1.165) is 12.1 Å². The van der Waals surface area contributed by atoms with Crippen LogP contribution in [0.5, 0.6) is 0 Å². The van der Waals surface area contributed by atoms with Crippen molar-refractivity contribution < 1.29 is 23.1 Å². The molecule has 0 radical (unpaired) electrons. The van der Waals surface area contributed by atoms with E-state index in [4.69, 9.17) is 0 Å². The molecule has 2 nitrogen and oxygen atoms in total. The lowest BCUT2D eigenvalue weighted by molar-refractivity contribution is -0.138. The number of rotatable bonds is 3. The van der Waals surface area contributed by atoms with E-state index in [2.05, 4.69) is 0 Å². The first kappa shape index (κ1) is 13.7. The zero-order valence-electron chi connectivity index (χ0n) is 9.45. The molecule has 0 aliphatic heterocycles. The van der Waals surface area contributed by atoms with Crippen molar-refractivity contribution in [1.82, 2.24) is 0 Å². The average Bonchev–Trinajstić information content (AvgIpc) is 2.26. The molecule has 5 heteroatoms. The number of benzene rings is 1. The fourth-order valence-corrected chi connectivity index (χ4v) is 1.37. The summed E-state index contributed by atoms with van der Waals surface area (Å²) in [7, 11) is 0. The summed E-state index contributed by atoms with van der Waals surface area (Å²) in [5.74, 6) is -0.927. The maximum absolute atomic E-state index is 12.4. The molecule has 0 unspecified atom stereocenters. The molecule has 17 heavy (non-hydrogen) atoms. The van der Waals surface area contributed by atoms with Gasteiger partial charge in [-0.2, -0.15) is 13.2 Å². The van der Waals surface area contributed by atoms with E-state index < -0.39 is 29.5 Å². The van der Waals surface area contributed by atoms with Crippen molar-refractivity contribution >= 4 is 5.78 Å². The molecule has 0 bridgehead atoms. The zero-order valence-corrected chi connectivity index (χ0v) is 9.45. The van der Waals surface area contributed by atoms with Crippen LogP contribution < -0.4 is 0 Å². The zero-order chi connectivity index (χ0) is 13.2. The number of carbonyl (C=O) groups excluding carboxylic acids is 1. The minimum absolute atomic E-state index is 0.0291. The lowest BCUT2D eigenvalue weighted by Gasteiger charge is -2.14. The van der Waals surface area contributed by atoms with E-state index in [1.54, 1.807) is 13.8 Å². The van der Waals surface area contributed by atoms with Crippen LogP contribution in [0, 0.1) is 5.92 Å². The Morgan fingerprint density at radius 3 is 2.35 bits per heavy atom. The quantitative estimate of drug-likeness (QED) is 0.890. The summed E-state index contributed by atoms with van der Waals surface area (Å²) in [4.78, 5) is 11.5. The highest BCUT2D eigenvalue weighted by Crippen LogP contribution is 2.31. The standard InChI is InChI=1S/C12H13F3O2/c1-7(2)10(16)11(17)8-4-3-5-9(6-8)12(13,14)15/h3-7,11,17H,1-2H3/t11-/m1/s1. The number of alkyl halides is 3. The molecule has 1 aromatic rings. The highest BCUT2D eigenvalue weighted by molar-refractivity contribution is 5.85. The summed E-state index contributed by atoms with van der Waals surface area (Å²) < 4.78 is 37.3. The molecule has 0 aliphatic rings. The van der Waals surface area contributed by atoms with Gasteiger partial charge in [0.25, 0.3) is 0 Å². The van der Waals surface area contributed by atoms with Crippen molar-refractivity contribution in [3.05, 3.63) is 35.4 Å². The highest BCUT2D eigenvalue weighted by Gasteiger charge is 2.31. The first-order chi connectivity index (χ1) is 7.73. The maximum Gasteiger partial charge on any atom is 0.416 e. The first-order valence-corrected chi connectivity index (χ1v) is 5.12. The Morgan fingerprint density at radius 2 is 1.88 bits per heavy atom. The molecule has 0 aromatic heterocycles.